The molecule has 0 saturated heterocycles. The second-order valence-corrected chi connectivity index (χ2v) is 32.5. The van der Waals surface area contributed by atoms with E-state index in [4.69, 9.17) is 15.3 Å². The number of aromatic amines is 2. The molecule has 21 rings (SSSR count). The van der Waals surface area contributed by atoms with Gasteiger partial charge in [-0.25, -0.2) is 0 Å². The van der Waals surface area contributed by atoms with E-state index in [9.17, 15) is 9.18 Å². The van der Waals surface area contributed by atoms with E-state index >= 15 is 0 Å². The van der Waals surface area contributed by atoms with Crippen molar-refractivity contribution in [3.8, 4) is 39.2 Å². The molecule has 2 aliphatic rings. The van der Waals surface area contributed by atoms with Crippen LogP contribution in [-0.2, 0) is 19.3 Å². The largest absolute Gasteiger partial charge is 0.397 e. The van der Waals surface area contributed by atoms with Gasteiger partial charge in [-0.05, 0) is 232 Å². The fourth-order valence-corrected chi connectivity index (χ4v) is 16.5. The fraction of sp³-hybridized carbons (Fsp3) is 0.104. The lowest BCUT2D eigenvalue weighted by Gasteiger charge is -2.16. The van der Waals surface area contributed by atoms with Crippen molar-refractivity contribution in [2.24, 2.45) is 5.84 Å². The van der Waals surface area contributed by atoms with Crippen LogP contribution in [0.2, 0.25) is 0 Å². The molecule has 0 bridgehead atoms. The number of alkyl halides is 1. The minimum atomic E-state index is -1.00. The highest BCUT2D eigenvalue weighted by molar-refractivity contribution is 14.1. The Morgan fingerprint density at radius 2 is 0.861 bits per heavy atom. The number of ketones is 1. The number of hydrogen-bond donors (Lipinski definition) is 6. The third-order valence-corrected chi connectivity index (χ3v) is 22.7. The Kier molecular flexibility index (Phi) is 37.2. The number of aryl methyl sites for hydroxylation is 3. The molecule has 0 unspecified atom stereocenters. The summed E-state index contributed by atoms with van der Waals surface area (Å²) in [6.45, 7) is 1.93. The normalized spacial score (nSPS) is 11.1. The summed E-state index contributed by atoms with van der Waals surface area (Å²) in [4.78, 5) is 18.5. The average Bonchev–Trinajstić information content (AvgIpc) is 1.58. The van der Waals surface area contributed by atoms with E-state index < -0.39 is 7.15 Å². The molecule has 3 heterocycles. The standard InChI is InChI=1S/C24H19N.C22H14BrN.C16H12BrN.C16H10BrN.C10H9BrO.C6H5I.C6H8N2.C2H6O.CH3F.3CH4.2ClH.H2/c1-3-7-19(8-4-1)21-11-15-23(16-12-21)25-24-17-13-22(14-18-24)20-9-5-2-6-10-20;23-16-12-10-15-11-13-19-18-8-4-5-9-21(18)24(22(19)20(15)14-16)17-6-2-1-3-7-17;2*17-11-7-5-10-6-8-13-12-3-1-2-4-15(12)18-16(13)14(10)9-11;11-8-5-4-7-2-1-3-10(12)9(7)6-8;7-6-4-2-1-3-5-6;7-8-6-4-2-1-3-5-6;1-2-3;1-2;;;;;;/h1-18,25H;1-14H;1-5,7,9,18H,6,8H2;1-9,18H;4-6H,1-3H2;1-5H;1-5,8H,7H2;3H,2H2,1H3;1H3;3*1H4;3*1H/i;;;;;;;;1D;;;;;;1+1D. The Morgan fingerprint density at radius 3 is 1.39 bits per heavy atom. The zero-order chi connectivity index (χ0) is 84.1. The van der Waals surface area contributed by atoms with Crippen LogP contribution in [-0.4, -0.2) is 39.2 Å². The van der Waals surface area contributed by atoms with E-state index in [1.807, 2.05) is 78.9 Å². The molecule has 0 fully saturated rings. The van der Waals surface area contributed by atoms with Gasteiger partial charge < -0.3 is 30.4 Å². The van der Waals surface area contributed by atoms with Gasteiger partial charge >= 0.3 is 0 Å². The number of H-pyrrole nitrogens is 2. The van der Waals surface area contributed by atoms with Gasteiger partial charge in [0.1, 0.15) is 0 Å². The van der Waals surface area contributed by atoms with E-state index in [0.29, 0.717) is 6.42 Å². The number of carbonyl (C=O) groups excluding carboxylic acids is 1. The minimum absolute atomic E-state index is 0. The van der Waals surface area contributed by atoms with Gasteiger partial charge in [-0.15, -0.1) is 24.8 Å². The van der Waals surface area contributed by atoms with Crippen molar-refractivity contribution >= 4 is 210 Å². The summed E-state index contributed by atoms with van der Waals surface area (Å²) in [5.41, 5.74) is 25.6. The Labute approximate surface area is 780 Å². The van der Waals surface area contributed by atoms with E-state index in [1.54, 1.807) is 6.92 Å². The van der Waals surface area contributed by atoms with Gasteiger partial charge in [0.05, 0.1) is 30.8 Å². The highest BCUT2D eigenvalue weighted by Gasteiger charge is 2.22. The van der Waals surface area contributed by atoms with Crippen molar-refractivity contribution < 1.29 is 18.6 Å². The summed E-state index contributed by atoms with van der Waals surface area (Å²) in [5, 5.41) is 22.6. The summed E-state index contributed by atoms with van der Waals surface area (Å²) in [6.07, 6.45) is 5.04. The van der Waals surface area contributed by atoms with Crippen LogP contribution >= 0.6 is 111 Å². The molecular weight excluding hydrogens is 1930 g/mol. The predicted molar refractivity (Wildman–Crippen MR) is 554 cm³/mol. The number of anilines is 3. The third kappa shape index (κ3) is 24.5. The van der Waals surface area contributed by atoms with Crippen LogP contribution in [0.1, 0.15) is 73.4 Å². The number of hydrazine groups is 1. The van der Waals surface area contributed by atoms with Crippen LogP contribution in [0.3, 0.4) is 0 Å². The SMILES string of the molecule is Brc1ccc2c(c1)-c1[nH]c3ccccc3c1CC2.Brc1ccc2ccc3c4ccccc4[nH]c3c2c1.Brc1ccc2ccc3c4ccccc4n(-c4ccccc4)c3c2c1.C.C.C.CCO.Cl.Cl.Ic1ccccc1.NNc1ccccc1.O=C1CCCc2ccc(Br)cc21.[2H]CF.[2H][2H].c1ccc(-c2ccc(Nc3ccc(-c4ccccc4)cc3)cc2)cc1. The highest BCUT2D eigenvalue weighted by Crippen LogP contribution is 2.41. The first-order valence-corrected chi connectivity index (χ1v) is 42.8. The topological polar surface area (TPSA) is 124 Å². The molecule has 624 valence electrons. The molecule has 8 nitrogen and oxygen atoms in total. The van der Waals surface area contributed by atoms with E-state index in [-0.39, 0.29) is 59.5 Å². The van der Waals surface area contributed by atoms with Crippen molar-refractivity contribution in [3.63, 3.8) is 0 Å². The molecule has 3 aromatic heterocycles. The molecule has 2 aliphatic carbocycles. The number of carbonyl (C=O) groups is 1. The van der Waals surface area contributed by atoms with Crippen LogP contribution in [0.5, 0.6) is 0 Å². The zero-order valence-electron chi connectivity index (χ0n) is 68.1. The first-order chi connectivity index (χ1) is 58.8. The average molecular weight is 2030 g/mol. The lowest BCUT2D eigenvalue weighted by Crippen LogP contribution is -2.10. The van der Waals surface area contributed by atoms with Gasteiger partial charge in [-0.3, -0.25) is 15.0 Å². The Bertz CT molecular complexity index is 6440. The lowest BCUT2D eigenvalue weighted by atomic mass is 9.89. The number of nitrogens with two attached hydrogens (primary N) is 1. The third-order valence-electron chi connectivity index (χ3n) is 20.1. The second kappa shape index (κ2) is 48.4. The van der Waals surface area contributed by atoms with E-state index in [2.05, 4.69) is 403 Å². The van der Waals surface area contributed by atoms with Gasteiger partial charge in [0, 0.05) is 120 Å². The number of hydrogen-bond acceptors (Lipinski definition) is 5. The van der Waals surface area contributed by atoms with Crippen molar-refractivity contribution in [2.75, 3.05) is 24.5 Å². The maximum Gasteiger partial charge on any atom is 0.163 e. The van der Waals surface area contributed by atoms with Gasteiger partial charge in [0.2, 0.25) is 0 Å². The molecule has 16 heteroatoms. The maximum atomic E-state index is 11.4. The number of aliphatic hydroxyl groups is 1. The quantitative estimate of drug-likeness (QED) is 0.0562. The summed E-state index contributed by atoms with van der Waals surface area (Å²) in [7, 11) is -1.00. The van der Waals surface area contributed by atoms with Crippen molar-refractivity contribution in [1.29, 1.82) is 0 Å². The highest BCUT2D eigenvalue weighted by atomic mass is 127. The molecule has 0 saturated carbocycles. The first-order valence-electron chi connectivity index (χ1n) is 40.2. The van der Waals surface area contributed by atoms with Crippen LogP contribution in [0.4, 0.5) is 21.5 Å². The van der Waals surface area contributed by atoms with Crippen molar-refractivity contribution in [2.45, 2.75) is 61.3 Å². The summed E-state index contributed by atoms with van der Waals surface area (Å²) >= 11 is 16.4. The Balaban J connectivity index is 0.000000202. The van der Waals surface area contributed by atoms with E-state index in [0.717, 1.165) is 66.2 Å². The van der Waals surface area contributed by atoms with Gasteiger partial charge in [0.25, 0.3) is 0 Å². The minimum Gasteiger partial charge on any atom is -0.397 e. The molecule has 7 N–H and O–H groups in total. The fourth-order valence-electron chi connectivity index (χ4n) is 14.6. The summed E-state index contributed by atoms with van der Waals surface area (Å²) in [5.74, 6) is 5.39. The van der Waals surface area contributed by atoms with Crippen molar-refractivity contribution in [3.05, 3.63) is 414 Å². The number of nitrogen functional groups attached to an aromatic ring is 1. The Morgan fingerprint density at radius 1 is 0.443 bits per heavy atom. The number of aliphatic hydroxyl groups excluding tert-OH is 1. The van der Waals surface area contributed by atoms with Crippen LogP contribution < -0.4 is 16.6 Å². The Hall–Kier alpha value is -10.5. The first kappa shape index (κ1) is 93.8. The number of fused-ring (bicyclic) bond motifs is 16. The van der Waals surface area contributed by atoms with Crippen LogP contribution in [0.25, 0.3) is 115 Å². The number of para-hydroxylation sites is 5. The second-order valence-electron chi connectivity index (χ2n) is 27.6. The number of aromatic nitrogens is 3. The van der Waals surface area contributed by atoms with Gasteiger partial charge in [-0.2, -0.15) is 0 Å². The molecule has 0 radical (unpaired) electrons. The molecular formula is C106H102Br4Cl2FIN6O2. The molecule has 0 aliphatic heterocycles. The molecule has 0 atom stereocenters. The molecule has 16 aromatic carbocycles. The number of nitrogens with one attached hydrogen (secondary N) is 4. The van der Waals surface area contributed by atoms with Crippen molar-refractivity contribution in [1.82, 2.24) is 14.5 Å². The number of benzene rings is 16. The lowest BCUT2D eigenvalue weighted by molar-refractivity contribution is 0.0972. The number of rotatable bonds is 6. The summed E-state index contributed by atoms with van der Waals surface area (Å²) < 4.78 is 33.5. The predicted octanol–water partition coefficient (Wildman–Crippen LogP) is 33.2. The van der Waals surface area contributed by atoms with Gasteiger partial charge in [0.15, 0.2) is 5.78 Å². The number of halogens is 8. The molecule has 0 spiro atoms. The van der Waals surface area contributed by atoms with E-state index in [1.165, 1.54) is 136 Å². The molecule has 0 amide bonds. The maximum absolute atomic E-state index is 11.4. The molecule has 19 aromatic rings. The molecule has 122 heavy (non-hydrogen) atoms. The van der Waals surface area contributed by atoms with Gasteiger partial charge in [-0.1, -0.05) is 329 Å². The number of nitrogens with zero attached hydrogens (tertiary/aromatic N) is 1. The summed E-state index contributed by atoms with van der Waals surface area (Å²) in [6, 6.07) is 128. The van der Waals surface area contributed by atoms with Crippen LogP contribution in [0, 0.1) is 3.57 Å². The smallest absolute Gasteiger partial charge is 0.163 e. The van der Waals surface area contributed by atoms with Crippen LogP contribution in [0.15, 0.2) is 388 Å². The monoisotopic (exact) mass is 2030 g/mol. The number of Topliss-reactive ketones (excluding diaryl/α,β-unsaturated/α-hetero) is 1. The zero-order valence-corrected chi connectivity index (χ0v) is 75.3.